The summed E-state index contributed by atoms with van der Waals surface area (Å²) in [4.78, 5) is 51.8. The van der Waals surface area contributed by atoms with Crippen molar-refractivity contribution in [3.8, 4) is 11.5 Å². The number of aryl methyl sites for hydroxylation is 1. The third-order valence-electron chi connectivity index (χ3n) is 7.61. The highest BCUT2D eigenvalue weighted by atomic mass is 16.5. The molecule has 1 atom stereocenters. The lowest BCUT2D eigenvalue weighted by atomic mass is 10.00. The van der Waals surface area contributed by atoms with Crippen molar-refractivity contribution in [2.75, 3.05) is 61.6 Å². The highest BCUT2D eigenvalue weighted by molar-refractivity contribution is 5.98. The van der Waals surface area contributed by atoms with Gasteiger partial charge in [0, 0.05) is 63.6 Å². The molecule has 3 aliphatic heterocycles. The average molecular weight is 553 g/mol. The maximum Gasteiger partial charge on any atom is 0.227 e. The van der Waals surface area contributed by atoms with Crippen LogP contribution in [0, 0.1) is 5.92 Å². The number of hydrogen-bond acceptors (Lipinski definition) is 10. The van der Waals surface area contributed by atoms with Gasteiger partial charge in [-0.05, 0) is 18.1 Å². The van der Waals surface area contributed by atoms with Crippen molar-refractivity contribution in [3.05, 3.63) is 23.9 Å². The molecule has 12 heteroatoms. The van der Waals surface area contributed by atoms with Crippen LogP contribution in [0.15, 0.2) is 18.3 Å². The van der Waals surface area contributed by atoms with E-state index in [4.69, 9.17) is 9.47 Å². The predicted molar refractivity (Wildman–Crippen MR) is 148 cm³/mol. The van der Waals surface area contributed by atoms with Crippen molar-refractivity contribution in [2.24, 2.45) is 5.92 Å². The summed E-state index contributed by atoms with van der Waals surface area (Å²) in [5.41, 5.74) is 2.35. The summed E-state index contributed by atoms with van der Waals surface area (Å²) in [6.07, 6.45) is 2.75. The van der Waals surface area contributed by atoms with Gasteiger partial charge in [-0.25, -0.2) is 4.98 Å². The number of ether oxygens (including phenoxy) is 2. The molecule has 5 rings (SSSR count). The molecule has 2 aromatic rings. The molecule has 0 spiro atoms. The maximum atomic E-state index is 12.9. The number of nitrogens with zero attached hydrogens (tertiary/aromatic N) is 5. The Morgan fingerprint density at radius 2 is 2.00 bits per heavy atom. The molecule has 2 N–H and O–H groups in total. The van der Waals surface area contributed by atoms with Crippen LogP contribution in [0.4, 0.5) is 23.1 Å². The van der Waals surface area contributed by atoms with Gasteiger partial charge in [-0.1, -0.05) is 13.8 Å². The van der Waals surface area contributed by atoms with Gasteiger partial charge < -0.3 is 34.6 Å². The fraction of sp³-hybridized carbons (Fsp3) is 0.536. The summed E-state index contributed by atoms with van der Waals surface area (Å²) < 4.78 is 12.1. The zero-order chi connectivity index (χ0) is 28.4. The van der Waals surface area contributed by atoms with E-state index in [1.807, 2.05) is 24.8 Å². The lowest BCUT2D eigenvalue weighted by Crippen LogP contribution is -2.57. The number of anilines is 4. The van der Waals surface area contributed by atoms with Crippen molar-refractivity contribution in [1.29, 1.82) is 0 Å². The van der Waals surface area contributed by atoms with Crippen LogP contribution >= 0.6 is 0 Å². The minimum atomic E-state index is -0.242. The smallest absolute Gasteiger partial charge is 0.227 e. The van der Waals surface area contributed by atoms with Crippen LogP contribution in [0.5, 0.6) is 11.5 Å². The fourth-order valence-corrected chi connectivity index (χ4v) is 5.28. The number of aromatic nitrogens is 2. The molecular weight excluding hydrogens is 516 g/mol. The number of piperazine rings is 1. The Kier molecular flexibility index (Phi) is 8.06. The Morgan fingerprint density at radius 1 is 1.18 bits per heavy atom. The van der Waals surface area contributed by atoms with Crippen LogP contribution in [0.2, 0.25) is 0 Å². The molecule has 1 saturated heterocycles. The molecular formula is C28H36N6O6. The molecule has 12 nitrogen and oxygen atoms in total. The number of fused-ring (bicyclic) bond motifs is 8. The van der Waals surface area contributed by atoms with E-state index in [0.29, 0.717) is 63.1 Å². The first-order valence-corrected chi connectivity index (χ1v) is 13.8. The summed E-state index contributed by atoms with van der Waals surface area (Å²) in [7, 11) is 1.74. The number of carbonyl (C=O) groups is 3. The zero-order valence-corrected chi connectivity index (χ0v) is 23.2. The molecule has 0 unspecified atom stereocenters. The predicted octanol–water partition coefficient (Wildman–Crippen LogP) is 2.27. The second kappa shape index (κ2) is 11.7. The second-order valence-corrected chi connectivity index (χ2v) is 10.7. The van der Waals surface area contributed by atoms with Gasteiger partial charge in [-0.15, -0.1) is 0 Å². The van der Waals surface area contributed by atoms with Gasteiger partial charge >= 0.3 is 0 Å². The van der Waals surface area contributed by atoms with Crippen molar-refractivity contribution in [2.45, 2.75) is 45.6 Å². The third-order valence-corrected chi connectivity index (χ3v) is 7.61. The van der Waals surface area contributed by atoms with E-state index in [2.05, 4.69) is 15.3 Å². The van der Waals surface area contributed by atoms with Gasteiger partial charge in [-0.2, -0.15) is 4.98 Å². The van der Waals surface area contributed by atoms with E-state index in [9.17, 15) is 19.5 Å². The number of benzene rings is 1. The van der Waals surface area contributed by atoms with Gasteiger partial charge in [0.25, 0.3) is 0 Å². The first kappa shape index (κ1) is 27.6. The van der Waals surface area contributed by atoms with Crippen LogP contribution in [-0.2, 0) is 25.5 Å². The monoisotopic (exact) mass is 552 g/mol. The van der Waals surface area contributed by atoms with Crippen LogP contribution < -0.4 is 19.9 Å². The first-order chi connectivity index (χ1) is 19.2. The summed E-state index contributed by atoms with van der Waals surface area (Å²) in [6, 6.07) is 3.48. The van der Waals surface area contributed by atoms with Crippen LogP contribution in [0.1, 0.15) is 38.7 Å². The van der Waals surface area contributed by atoms with Crippen molar-refractivity contribution < 1.29 is 29.0 Å². The van der Waals surface area contributed by atoms with E-state index in [0.717, 1.165) is 11.3 Å². The Morgan fingerprint density at radius 3 is 2.80 bits per heavy atom. The Bertz CT molecular complexity index is 1300. The molecule has 0 radical (unpaired) electrons. The Hall–Kier alpha value is -3.93. The minimum absolute atomic E-state index is 0.0202. The number of amides is 2. The number of rotatable bonds is 4. The summed E-state index contributed by atoms with van der Waals surface area (Å²) in [5, 5.41) is 13.8. The van der Waals surface area contributed by atoms with Crippen molar-refractivity contribution in [1.82, 2.24) is 14.9 Å². The summed E-state index contributed by atoms with van der Waals surface area (Å²) in [5.74, 6) is 1.01. The number of carbonyl (C=O) groups excluding carboxylic acids is 3. The molecule has 4 heterocycles. The largest absolute Gasteiger partial charge is 0.503 e. The van der Waals surface area contributed by atoms with Crippen LogP contribution in [0.25, 0.3) is 0 Å². The normalized spacial score (nSPS) is 19.2. The zero-order valence-electron chi connectivity index (χ0n) is 23.2. The highest BCUT2D eigenvalue weighted by Crippen LogP contribution is 2.40. The standard InChI is InChI=1S/C28H36N6O6/c1-17(2)21(35)5-7-25(38)33-8-9-34-20(15-33)16-39-10-11-40-23-13-19(30-27-22(36)14-29-28(34)31-27)12-18-4-6-24(37)32(3)26(18)23/h12-14,17,20,36H,4-11,15-16H2,1-3H3,(H,29,30,31)/t20-/m1/s1. The number of Topliss-reactive ketones (excluding diaryl/α,β-unsaturated/α-hetero) is 1. The van der Waals surface area contributed by atoms with E-state index in [1.165, 1.54) is 6.20 Å². The number of ketones is 1. The second-order valence-electron chi connectivity index (χ2n) is 10.7. The van der Waals surface area contributed by atoms with Gasteiger partial charge in [0.1, 0.15) is 18.1 Å². The van der Waals surface area contributed by atoms with Gasteiger partial charge in [-0.3, -0.25) is 14.4 Å². The molecule has 4 bridgehead atoms. The molecule has 0 saturated carbocycles. The Labute approximate surface area is 233 Å². The topological polar surface area (TPSA) is 137 Å². The van der Waals surface area contributed by atoms with Crippen molar-refractivity contribution >= 4 is 40.7 Å². The average Bonchev–Trinajstić information content (AvgIpc) is 2.94. The molecule has 3 aliphatic rings. The van der Waals surface area contributed by atoms with E-state index in [-0.39, 0.29) is 60.6 Å². The Balaban J connectivity index is 1.40. The molecule has 1 fully saturated rings. The molecule has 40 heavy (non-hydrogen) atoms. The first-order valence-electron chi connectivity index (χ1n) is 13.8. The molecule has 2 amide bonds. The SMILES string of the molecule is CC(C)C(=O)CCC(=O)N1CCN2c3ncc(O)c(n3)Nc3cc4c(c(c3)OCCOC[C@H]2C1)N(C)C(=O)CC4. The van der Waals surface area contributed by atoms with Gasteiger partial charge in [0.2, 0.25) is 17.8 Å². The van der Waals surface area contributed by atoms with Crippen LogP contribution in [-0.4, -0.2) is 90.1 Å². The number of hydrogen-bond donors (Lipinski definition) is 2. The summed E-state index contributed by atoms with van der Waals surface area (Å²) in [6.45, 7) is 5.86. The lowest BCUT2D eigenvalue weighted by molar-refractivity contribution is -0.134. The number of nitrogens with one attached hydrogen (secondary N) is 1. The maximum absolute atomic E-state index is 12.9. The van der Waals surface area contributed by atoms with Gasteiger partial charge in [0.15, 0.2) is 11.6 Å². The summed E-state index contributed by atoms with van der Waals surface area (Å²) >= 11 is 0. The van der Waals surface area contributed by atoms with E-state index >= 15 is 0 Å². The molecule has 1 aromatic carbocycles. The quantitative estimate of drug-likeness (QED) is 0.581. The fourth-order valence-electron chi connectivity index (χ4n) is 5.28. The highest BCUT2D eigenvalue weighted by Gasteiger charge is 2.32. The molecule has 0 aliphatic carbocycles. The van der Waals surface area contributed by atoms with Crippen LogP contribution in [0.3, 0.4) is 0 Å². The van der Waals surface area contributed by atoms with E-state index < -0.39 is 0 Å². The van der Waals surface area contributed by atoms with Crippen molar-refractivity contribution in [3.63, 3.8) is 0 Å². The van der Waals surface area contributed by atoms with Gasteiger partial charge in [0.05, 0.1) is 31.1 Å². The lowest BCUT2D eigenvalue weighted by Gasteiger charge is -2.41. The minimum Gasteiger partial charge on any atom is -0.503 e. The van der Waals surface area contributed by atoms with E-state index in [1.54, 1.807) is 22.9 Å². The number of aromatic hydroxyl groups is 1. The third kappa shape index (κ3) is 5.81. The molecule has 1 aromatic heterocycles. The molecule has 214 valence electrons.